The monoisotopic (exact) mass is 297 g/mol. The number of carbonyl (C=O) groups is 2. The van der Waals surface area contributed by atoms with Gasteiger partial charge in [0.2, 0.25) is 0 Å². The summed E-state index contributed by atoms with van der Waals surface area (Å²) >= 11 is 1.20. The van der Waals surface area contributed by atoms with Gasteiger partial charge in [0.05, 0.1) is 5.56 Å². The Morgan fingerprint density at radius 2 is 2.10 bits per heavy atom. The highest BCUT2D eigenvalue weighted by Crippen LogP contribution is 2.22. The van der Waals surface area contributed by atoms with Gasteiger partial charge in [0.25, 0.3) is 0 Å². The van der Waals surface area contributed by atoms with E-state index in [2.05, 4.69) is 15.5 Å². The van der Waals surface area contributed by atoms with Crippen molar-refractivity contribution >= 4 is 28.3 Å². The largest absolute Gasteiger partial charge is 0.478 e. The first-order valence-electron chi connectivity index (χ1n) is 6.75. The molecule has 1 fully saturated rings. The molecule has 0 saturated carbocycles. The van der Waals surface area contributed by atoms with Crippen molar-refractivity contribution in [3.8, 4) is 0 Å². The van der Waals surface area contributed by atoms with Crippen molar-refractivity contribution in [1.82, 2.24) is 10.2 Å². The van der Waals surface area contributed by atoms with Crippen molar-refractivity contribution in [2.45, 2.75) is 19.3 Å². The van der Waals surface area contributed by atoms with Gasteiger partial charge < -0.3 is 15.3 Å². The first kappa shape index (κ1) is 14.8. The van der Waals surface area contributed by atoms with Crippen molar-refractivity contribution in [3.63, 3.8) is 0 Å². The molecule has 0 aromatic carbocycles. The molecule has 0 atom stereocenters. The molecule has 0 unspecified atom stereocenters. The van der Waals surface area contributed by atoms with E-state index >= 15 is 0 Å². The quantitative estimate of drug-likeness (QED) is 0.702. The number of hydrogen-bond acceptors (Lipinski definition) is 4. The number of likely N-dealkylation sites (tertiary alicyclic amines) is 1. The lowest BCUT2D eigenvalue weighted by Gasteiger charge is -2.14. The van der Waals surface area contributed by atoms with E-state index in [1.165, 1.54) is 30.2 Å². The fourth-order valence-electron chi connectivity index (χ4n) is 2.23. The molecule has 2 rings (SSSR count). The van der Waals surface area contributed by atoms with Crippen LogP contribution < -0.4 is 10.6 Å². The Morgan fingerprint density at radius 3 is 2.80 bits per heavy atom. The molecule has 0 aliphatic carbocycles. The second kappa shape index (κ2) is 7.25. The summed E-state index contributed by atoms with van der Waals surface area (Å²) < 4.78 is 0. The number of thiophene rings is 1. The Morgan fingerprint density at radius 1 is 1.35 bits per heavy atom. The van der Waals surface area contributed by atoms with Crippen LogP contribution in [0.1, 0.15) is 29.6 Å². The van der Waals surface area contributed by atoms with Gasteiger partial charge in [-0.1, -0.05) is 0 Å². The lowest BCUT2D eigenvalue weighted by molar-refractivity contribution is 0.0698. The average Bonchev–Trinajstić information content (AvgIpc) is 3.05. The average molecular weight is 297 g/mol. The summed E-state index contributed by atoms with van der Waals surface area (Å²) in [7, 11) is 0. The first-order chi connectivity index (χ1) is 9.66. The molecule has 0 bridgehead atoms. The summed E-state index contributed by atoms with van der Waals surface area (Å²) in [6.07, 6.45) is 3.44. The molecule has 0 radical (unpaired) electrons. The molecule has 20 heavy (non-hydrogen) atoms. The Hall–Kier alpha value is -1.60. The van der Waals surface area contributed by atoms with Crippen LogP contribution in [0, 0.1) is 0 Å². The number of rotatable bonds is 6. The Balaban J connectivity index is 1.67. The summed E-state index contributed by atoms with van der Waals surface area (Å²) in [6, 6.07) is 1.13. The first-order valence-corrected chi connectivity index (χ1v) is 7.63. The number of nitrogens with one attached hydrogen (secondary N) is 2. The van der Waals surface area contributed by atoms with Crippen molar-refractivity contribution in [3.05, 3.63) is 17.0 Å². The number of amides is 2. The minimum atomic E-state index is -1.03. The summed E-state index contributed by atoms with van der Waals surface area (Å²) in [5, 5.41) is 16.3. The van der Waals surface area contributed by atoms with E-state index < -0.39 is 5.97 Å². The number of aromatic carboxylic acids is 1. The fraction of sp³-hybridized carbons (Fsp3) is 0.538. The van der Waals surface area contributed by atoms with Crippen LogP contribution in [0.15, 0.2) is 11.4 Å². The molecule has 7 heteroatoms. The normalized spacial score (nSPS) is 15.2. The summed E-state index contributed by atoms with van der Waals surface area (Å²) in [5.74, 6) is -1.03. The third kappa shape index (κ3) is 4.21. The topological polar surface area (TPSA) is 81.7 Å². The highest BCUT2D eigenvalue weighted by atomic mass is 32.1. The van der Waals surface area contributed by atoms with Crippen molar-refractivity contribution in [2.75, 3.05) is 31.5 Å². The number of urea groups is 1. The maximum absolute atomic E-state index is 11.7. The number of anilines is 1. The van der Waals surface area contributed by atoms with Gasteiger partial charge in [-0.3, -0.25) is 5.32 Å². The number of nitrogens with zero attached hydrogens (tertiary/aromatic N) is 1. The fourth-order valence-corrected chi connectivity index (χ4v) is 3.01. The van der Waals surface area contributed by atoms with E-state index in [1.807, 2.05) is 0 Å². The third-order valence-electron chi connectivity index (χ3n) is 3.26. The Kier molecular flexibility index (Phi) is 5.37. The van der Waals surface area contributed by atoms with E-state index in [0.717, 1.165) is 26.1 Å². The Labute approximate surface area is 121 Å². The van der Waals surface area contributed by atoms with Gasteiger partial charge in [0.15, 0.2) is 0 Å². The third-order valence-corrected chi connectivity index (χ3v) is 4.09. The van der Waals surface area contributed by atoms with E-state index in [0.29, 0.717) is 11.5 Å². The van der Waals surface area contributed by atoms with Crippen LogP contribution in [0.2, 0.25) is 0 Å². The summed E-state index contributed by atoms with van der Waals surface area (Å²) in [4.78, 5) is 25.0. The van der Waals surface area contributed by atoms with Crippen LogP contribution in [0.3, 0.4) is 0 Å². The molecule has 2 heterocycles. The van der Waals surface area contributed by atoms with Gasteiger partial charge in [-0.2, -0.15) is 0 Å². The zero-order chi connectivity index (χ0) is 14.4. The number of hydrogen-bond donors (Lipinski definition) is 3. The highest BCUT2D eigenvalue weighted by molar-refractivity contribution is 7.14. The van der Waals surface area contributed by atoms with Gasteiger partial charge >= 0.3 is 12.0 Å². The molecule has 0 spiro atoms. The molecule has 6 nitrogen and oxygen atoms in total. The molecule has 1 aromatic rings. The van der Waals surface area contributed by atoms with Crippen LogP contribution in [-0.2, 0) is 0 Å². The predicted octanol–water partition coefficient (Wildman–Crippen LogP) is 2.05. The van der Waals surface area contributed by atoms with Gasteiger partial charge in [-0.25, -0.2) is 9.59 Å². The standard InChI is InChI=1S/C13H19N3O3S/c17-12(18)10-4-9-20-11(10)15-13(19)14-5-3-8-16-6-1-2-7-16/h4,9H,1-3,5-8H2,(H,17,18)(H2,14,15,19). The van der Waals surface area contributed by atoms with Crippen LogP contribution in [0.25, 0.3) is 0 Å². The second-order valence-corrected chi connectivity index (χ2v) is 5.67. The molecule has 1 aliphatic heterocycles. The molecule has 110 valence electrons. The molecule has 2 amide bonds. The lowest BCUT2D eigenvalue weighted by Crippen LogP contribution is -2.32. The van der Waals surface area contributed by atoms with E-state index in [1.54, 1.807) is 5.38 Å². The van der Waals surface area contributed by atoms with Gasteiger partial charge in [0.1, 0.15) is 5.00 Å². The highest BCUT2D eigenvalue weighted by Gasteiger charge is 2.14. The Bertz CT molecular complexity index is 469. The van der Waals surface area contributed by atoms with Crippen LogP contribution in [0.5, 0.6) is 0 Å². The van der Waals surface area contributed by atoms with Crippen molar-refractivity contribution < 1.29 is 14.7 Å². The number of carboxylic acids is 1. The van der Waals surface area contributed by atoms with E-state index in [-0.39, 0.29) is 11.6 Å². The van der Waals surface area contributed by atoms with Gasteiger partial charge in [-0.05, 0) is 50.3 Å². The molecule has 1 aliphatic rings. The SMILES string of the molecule is O=C(NCCCN1CCCC1)Nc1sccc1C(=O)O. The minimum absolute atomic E-state index is 0.127. The molecule has 1 aromatic heterocycles. The predicted molar refractivity (Wildman–Crippen MR) is 78.6 cm³/mol. The van der Waals surface area contributed by atoms with E-state index in [9.17, 15) is 9.59 Å². The van der Waals surface area contributed by atoms with Gasteiger partial charge in [0, 0.05) is 6.54 Å². The van der Waals surface area contributed by atoms with Gasteiger partial charge in [-0.15, -0.1) is 11.3 Å². The molecular formula is C13H19N3O3S. The maximum atomic E-state index is 11.7. The molecule has 3 N–H and O–H groups in total. The second-order valence-electron chi connectivity index (χ2n) is 4.75. The zero-order valence-corrected chi connectivity index (χ0v) is 12.0. The van der Waals surface area contributed by atoms with E-state index in [4.69, 9.17) is 5.11 Å². The smallest absolute Gasteiger partial charge is 0.338 e. The minimum Gasteiger partial charge on any atom is -0.478 e. The number of carboxylic acid groups (broad SMARTS) is 1. The molecular weight excluding hydrogens is 278 g/mol. The lowest BCUT2D eigenvalue weighted by atomic mass is 10.3. The zero-order valence-electron chi connectivity index (χ0n) is 11.2. The number of carbonyl (C=O) groups excluding carboxylic acids is 1. The molecule has 1 saturated heterocycles. The van der Waals surface area contributed by atoms with Crippen molar-refractivity contribution in [2.24, 2.45) is 0 Å². The van der Waals surface area contributed by atoms with Crippen LogP contribution >= 0.6 is 11.3 Å². The van der Waals surface area contributed by atoms with Crippen LogP contribution in [0.4, 0.5) is 9.80 Å². The summed E-state index contributed by atoms with van der Waals surface area (Å²) in [6.45, 7) is 3.91. The maximum Gasteiger partial charge on any atom is 0.338 e. The van der Waals surface area contributed by atoms with Crippen molar-refractivity contribution in [1.29, 1.82) is 0 Å². The summed E-state index contributed by atoms with van der Waals surface area (Å²) in [5.41, 5.74) is 0.127. The van der Waals surface area contributed by atoms with Crippen LogP contribution in [-0.4, -0.2) is 48.2 Å².